The topological polar surface area (TPSA) is 175 Å². The van der Waals surface area contributed by atoms with Crippen LogP contribution in [-0.4, -0.2) is 83.2 Å². The third-order valence-electron chi connectivity index (χ3n) is 6.96. The number of amides is 4. The van der Waals surface area contributed by atoms with Crippen molar-refractivity contribution in [2.75, 3.05) is 55.0 Å². The smallest absolute Gasteiger partial charge is 0.260 e. The Bertz CT molecular complexity index is 1560. The van der Waals surface area contributed by atoms with E-state index in [9.17, 15) is 19.2 Å². The highest BCUT2D eigenvalue weighted by atomic mass is 16.2. The van der Waals surface area contributed by atoms with Gasteiger partial charge >= 0.3 is 0 Å². The second-order valence-electron chi connectivity index (χ2n) is 10.8. The molecule has 1 saturated heterocycles. The minimum atomic E-state index is -0.572. The number of hydrogen-bond acceptors (Lipinski definition) is 9. The maximum Gasteiger partial charge on any atom is 0.260 e. The van der Waals surface area contributed by atoms with Gasteiger partial charge in [-0.05, 0) is 75.8 Å². The Hall–Kier alpha value is -5.30. The Kier molecular flexibility index (Phi) is 11.2. The van der Waals surface area contributed by atoms with Gasteiger partial charge < -0.3 is 36.8 Å². The summed E-state index contributed by atoms with van der Waals surface area (Å²) in [5, 5.41) is 12.0. The summed E-state index contributed by atoms with van der Waals surface area (Å²) in [7, 11) is 3.83. The zero-order chi connectivity index (χ0) is 32.3. The number of carbonyl (C=O) groups excluding carboxylic acids is 4. The number of anilines is 5. The van der Waals surface area contributed by atoms with Crippen LogP contribution in [0, 0.1) is 0 Å². The third kappa shape index (κ3) is 9.10. The van der Waals surface area contributed by atoms with Crippen LogP contribution in [0.15, 0.2) is 66.9 Å². The molecule has 236 valence electrons. The Balaban J connectivity index is 1.43. The van der Waals surface area contributed by atoms with Gasteiger partial charge in [-0.2, -0.15) is 4.98 Å². The van der Waals surface area contributed by atoms with Crippen molar-refractivity contribution in [2.45, 2.75) is 32.2 Å². The van der Waals surface area contributed by atoms with Crippen molar-refractivity contribution in [3.8, 4) is 0 Å². The van der Waals surface area contributed by atoms with Crippen LogP contribution >= 0.6 is 0 Å². The van der Waals surface area contributed by atoms with Gasteiger partial charge in [-0.15, -0.1) is 0 Å². The van der Waals surface area contributed by atoms with Crippen LogP contribution in [0.3, 0.4) is 0 Å². The van der Waals surface area contributed by atoms with Crippen LogP contribution in [0.25, 0.3) is 0 Å². The van der Waals surface area contributed by atoms with Gasteiger partial charge in [0.1, 0.15) is 17.4 Å². The number of aromatic nitrogens is 2. The van der Waals surface area contributed by atoms with E-state index in [0.29, 0.717) is 54.5 Å². The highest BCUT2D eigenvalue weighted by Gasteiger charge is 2.33. The van der Waals surface area contributed by atoms with E-state index in [0.717, 1.165) is 12.8 Å². The third-order valence-corrected chi connectivity index (χ3v) is 6.96. The van der Waals surface area contributed by atoms with E-state index in [1.165, 1.54) is 12.3 Å². The summed E-state index contributed by atoms with van der Waals surface area (Å²) < 4.78 is 0. The van der Waals surface area contributed by atoms with Crippen LogP contribution in [0.1, 0.15) is 46.9 Å². The molecule has 0 radical (unpaired) electrons. The molecule has 1 aromatic heterocycles. The molecule has 13 nitrogen and oxygen atoms in total. The van der Waals surface area contributed by atoms with Gasteiger partial charge in [0.2, 0.25) is 23.7 Å². The summed E-state index contributed by atoms with van der Waals surface area (Å²) in [6, 6.07) is 12.8. The zero-order valence-corrected chi connectivity index (χ0v) is 25.7. The number of benzene rings is 2. The SMILES string of the molecule is CCCNc1nc(Nc2ccc(C(N)=O)cc2)ncc1C(=O)Nc1cccc(NC(=O)[C@@H]2CCCN2C(=O)C=CCN(C)C)c1. The molecular weight excluding hydrogens is 574 g/mol. The molecule has 1 atom stereocenters. The molecule has 45 heavy (non-hydrogen) atoms. The number of likely N-dealkylation sites (N-methyl/N-ethyl adjacent to an activating group) is 1. The van der Waals surface area contributed by atoms with Crippen LogP contribution < -0.4 is 27.0 Å². The Morgan fingerprint density at radius 3 is 2.47 bits per heavy atom. The molecule has 1 aliphatic heterocycles. The fourth-order valence-electron chi connectivity index (χ4n) is 4.70. The summed E-state index contributed by atoms with van der Waals surface area (Å²) in [4.78, 5) is 62.8. The zero-order valence-electron chi connectivity index (χ0n) is 25.7. The van der Waals surface area contributed by atoms with Crippen LogP contribution in [0.4, 0.5) is 28.8 Å². The summed E-state index contributed by atoms with van der Waals surface area (Å²) >= 11 is 0. The molecular formula is C32H39N9O4. The van der Waals surface area contributed by atoms with Crippen molar-refractivity contribution in [3.63, 3.8) is 0 Å². The van der Waals surface area contributed by atoms with Crippen molar-refractivity contribution in [3.05, 3.63) is 78.0 Å². The number of carbonyl (C=O) groups is 4. The van der Waals surface area contributed by atoms with Crippen molar-refractivity contribution in [2.24, 2.45) is 5.73 Å². The van der Waals surface area contributed by atoms with Crippen LogP contribution in [0.5, 0.6) is 0 Å². The van der Waals surface area contributed by atoms with Crippen LogP contribution in [0.2, 0.25) is 0 Å². The summed E-state index contributed by atoms with van der Waals surface area (Å²) in [5.74, 6) is -0.829. The largest absolute Gasteiger partial charge is 0.369 e. The fraction of sp³-hybridized carbons (Fsp3) is 0.312. The van der Waals surface area contributed by atoms with Gasteiger partial charge in [-0.25, -0.2) is 4.98 Å². The van der Waals surface area contributed by atoms with Crippen molar-refractivity contribution in [1.29, 1.82) is 0 Å². The van der Waals surface area contributed by atoms with Gasteiger partial charge in [0.25, 0.3) is 5.91 Å². The van der Waals surface area contributed by atoms with E-state index in [-0.39, 0.29) is 23.3 Å². The molecule has 0 spiro atoms. The lowest BCUT2D eigenvalue weighted by molar-refractivity contribution is -0.132. The first-order valence-corrected chi connectivity index (χ1v) is 14.8. The Morgan fingerprint density at radius 1 is 1.04 bits per heavy atom. The van der Waals surface area contributed by atoms with Gasteiger partial charge in [0, 0.05) is 54.5 Å². The number of nitrogens with two attached hydrogens (primary N) is 1. The summed E-state index contributed by atoms with van der Waals surface area (Å²) in [6.07, 6.45) is 6.84. The average Bonchev–Trinajstić information content (AvgIpc) is 3.51. The molecule has 2 heterocycles. The molecule has 0 saturated carbocycles. The van der Waals surface area contributed by atoms with E-state index in [1.54, 1.807) is 59.5 Å². The van der Waals surface area contributed by atoms with E-state index in [2.05, 4.69) is 31.2 Å². The maximum absolute atomic E-state index is 13.3. The molecule has 1 fully saturated rings. The summed E-state index contributed by atoms with van der Waals surface area (Å²) in [5.41, 5.74) is 7.51. The van der Waals surface area contributed by atoms with E-state index < -0.39 is 17.9 Å². The molecule has 4 rings (SSSR count). The lowest BCUT2D eigenvalue weighted by atomic mass is 10.2. The first kappa shape index (κ1) is 32.6. The number of likely N-dealkylation sites (tertiary alicyclic amines) is 1. The predicted octanol–water partition coefficient (Wildman–Crippen LogP) is 3.44. The van der Waals surface area contributed by atoms with E-state index in [1.807, 2.05) is 25.9 Å². The average molecular weight is 614 g/mol. The molecule has 0 aliphatic carbocycles. The van der Waals surface area contributed by atoms with Crippen molar-refractivity contribution >= 4 is 52.5 Å². The first-order chi connectivity index (χ1) is 21.6. The van der Waals surface area contributed by atoms with Gasteiger partial charge in [0.05, 0.1) is 0 Å². The summed E-state index contributed by atoms with van der Waals surface area (Å²) in [6.45, 7) is 3.73. The molecule has 3 aromatic rings. The molecule has 13 heteroatoms. The monoisotopic (exact) mass is 613 g/mol. The maximum atomic E-state index is 13.3. The fourth-order valence-corrected chi connectivity index (χ4v) is 4.70. The molecule has 2 aromatic carbocycles. The van der Waals surface area contributed by atoms with Crippen molar-refractivity contribution in [1.82, 2.24) is 19.8 Å². The van der Waals surface area contributed by atoms with Gasteiger partial charge in [-0.3, -0.25) is 19.2 Å². The molecule has 6 N–H and O–H groups in total. The predicted molar refractivity (Wildman–Crippen MR) is 175 cm³/mol. The second kappa shape index (κ2) is 15.4. The lowest BCUT2D eigenvalue weighted by Gasteiger charge is -2.23. The number of primary amides is 1. The highest BCUT2D eigenvalue weighted by Crippen LogP contribution is 2.23. The minimum absolute atomic E-state index is 0.188. The van der Waals surface area contributed by atoms with Gasteiger partial charge in [0.15, 0.2) is 0 Å². The first-order valence-electron chi connectivity index (χ1n) is 14.8. The van der Waals surface area contributed by atoms with Gasteiger partial charge in [-0.1, -0.05) is 19.1 Å². The lowest BCUT2D eigenvalue weighted by Crippen LogP contribution is -2.42. The second-order valence-corrected chi connectivity index (χ2v) is 10.8. The molecule has 1 aliphatic rings. The molecule has 0 unspecified atom stereocenters. The highest BCUT2D eigenvalue weighted by molar-refractivity contribution is 6.08. The van der Waals surface area contributed by atoms with Crippen molar-refractivity contribution < 1.29 is 19.2 Å². The minimum Gasteiger partial charge on any atom is -0.369 e. The molecule has 4 amide bonds. The normalized spacial score (nSPS) is 14.4. The standard InChI is InChI=1S/C32H39N9O4/c1-4-16-34-29-25(20-35-32(39-29)38-22-14-12-21(13-15-22)28(33)43)30(44)36-23-8-5-9-24(19-23)37-31(45)26-10-6-18-41(26)27(42)11-7-17-40(2)3/h5,7-9,11-15,19-20,26H,4,6,10,16-18H2,1-3H3,(H2,33,43)(H,36,44)(H,37,45)(H2,34,35,38,39)/t26-/m0/s1. The number of nitrogens with zero attached hydrogens (tertiary/aromatic N) is 4. The number of rotatable bonds is 13. The van der Waals surface area contributed by atoms with Crippen LogP contribution in [-0.2, 0) is 9.59 Å². The Morgan fingerprint density at radius 2 is 1.78 bits per heavy atom. The Labute approximate surface area is 262 Å². The van der Waals surface area contributed by atoms with E-state index in [4.69, 9.17) is 5.73 Å². The molecule has 0 bridgehead atoms. The van der Waals surface area contributed by atoms with E-state index >= 15 is 0 Å². The number of nitrogens with one attached hydrogen (secondary N) is 4. The quantitative estimate of drug-likeness (QED) is 0.181. The number of hydrogen-bond donors (Lipinski definition) is 5.